The smallest absolute Gasteiger partial charge is 0.341 e. The van der Waals surface area contributed by atoms with Crippen molar-refractivity contribution in [1.29, 1.82) is 0 Å². The Balaban J connectivity index is 1.83. The molecule has 2 aromatic rings. The molecule has 1 N–H and O–H groups in total. The first-order valence-electron chi connectivity index (χ1n) is 9.44. The number of nitrogens with zero attached hydrogens (tertiary/aromatic N) is 1. The minimum atomic E-state index is -0.338. The van der Waals surface area contributed by atoms with Crippen molar-refractivity contribution >= 4 is 28.2 Å². The van der Waals surface area contributed by atoms with Crippen molar-refractivity contribution in [3.63, 3.8) is 0 Å². The molecule has 0 bridgehead atoms. The van der Waals surface area contributed by atoms with Gasteiger partial charge < -0.3 is 10.1 Å². The standard InChI is InChI=1S/C21H26N2O3S/c1-13(2)26-21(25)19-16-6-5-15(4)11-17(16)27-20(19)22-18(24)12-23-9-7-14(3)8-10-23/h7-10,13,15H,5-6,11-12H2,1-4H3/p+1/t15-/m1/s1. The summed E-state index contributed by atoms with van der Waals surface area (Å²) >= 11 is 1.52. The number of amides is 1. The molecule has 0 unspecified atom stereocenters. The van der Waals surface area contributed by atoms with E-state index in [9.17, 15) is 9.59 Å². The SMILES string of the molecule is Cc1cc[n+](CC(=O)Nc2sc3c(c2C(=O)OC(C)C)CC[C@@H](C)C3)cc1. The molecule has 1 amide bonds. The number of nitrogens with one attached hydrogen (secondary N) is 1. The molecule has 2 aromatic heterocycles. The maximum absolute atomic E-state index is 12.7. The highest BCUT2D eigenvalue weighted by Crippen LogP contribution is 2.40. The Morgan fingerprint density at radius 2 is 2.04 bits per heavy atom. The van der Waals surface area contributed by atoms with Crippen molar-refractivity contribution in [3.05, 3.63) is 46.1 Å². The van der Waals surface area contributed by atoms with E-state index in [1.807, 2.05) is 49.9 Å². The number of rotatable bonds is 5. The summed E-state index contributed by atoms with van der Waals surface area (Å²) < 4.78 is 7.28. The van der Waals surface area contributed by atoms with E-state index in [0.717, 1.165) is 30.4 Å². The van der Waals surface area contributed by atoms with Crippen molar-refractivity contribution in [3.8, 4) is 0 Å². The highest BCUT2D eigenvalue weighted by molar-refractivity contribution is 7.17. The van der Waals surface area contributed by atoms with Crippen LogP contribution in [0.25, 0.3) is 0 Å². The predicted molar refractivity (Wildman–Crippen MR) is 106 cm³/mol. The molecule has 0 aromatic carbocycles. The molecule has 0 aliphatic heterocycles. The Morgan fingerprint density at radius 3 is 2.70 bits per heavy atom. The number of thiophene rings is 1. The fraction of sp³-hybridized carbons (Fsp3) is 0.476. The third-order valence-electron chi connectivity index (χ3n) is 4.70. The van der Waals surface area contributed by atoms with Crippen LogP contribution in [0.2, 0.25) is 0 Å². The molecule has 5 nitrogen and oxygen atoms in total. The molecule has 1 aliphatic rings. The van der Waals surface area contributed by atoms with Crippen molar-refractivity contribution < 1.29 is 18.9 Å². The largest absolute Gasteiger partial charge is 0.459 e. The highest BCUT2D eigenvalue weighted by atomic mass is 32.1. The second-order valence-electron chi connectivity index (χ2n) is 7.61. The van der Waals surface area contributed by atoms with Crippen LogP contribution in [-0.2, 0) is 28.9 Å². The number of carbonyl (C=O) groups is 2. The van der Waals surface area contributed by atoms with Gasteiger partial charge in [-0.3, -0.25) is 4.79 Å². The summed E-state index contributed by atoms with van der Waals surface area (Å²) in [5.41, 5.74) is 2.75. The molecule has 27 heavy (non-hydrogen) atoms. The number of hydrogen-bond acceptors (Lipinski definition) is 4. The van der Waals surface area contributed by atoms with E-state index in [-0.39, 0.29) is 24.5 Å². The molecule has 0 saturated carbocycles. The third-order valence-corrected chi connectivity index (χ3v) is 5.87. The summed E-state index contributed by atoms with van der Waals surface area (Å²) in [5, 5.41) is 3.58. The monoisotopic (exact) mass is 387 g/mol. The van der Waals surface area contributed by atoms with Crippen molar-refractivity contribution in [1.82, 2.24) is 0 Å². The van der Waals surface area contributed by atoms with Gasteiger partial charge in [0.1, 0.15) is 5.00 Å². The minimum Gasteiger partial charge on any atom is -0.459 e. The summed E-state index contributed by atoms with van der Waals surface area (Å²) in [4.78, 5) is 26.5. The van der Waals surface area contributed by atoms with Crippen LogP contribution in [0, 0.1) is 12.8 Å². The lowest BCUT2D eigenvalue weighted by atomic mass is 9.88. The number of ether oxygens (including phenoxy) is 1. The van der Waals surface area contributed by atoms with Crippen LogP contribution in [0.5, 0.6) is 0 Å². The second-order valence-corrected chi connectivity index (χ2v) is 8.71. The van der Waals surface area contributed by atoms with Gasteiger partial charge in [0.2, 0.25) is 6.54 Å². The van der Waals surface area contributed by atoms with Gasteiger partial charge in [0.05, 0.1) is 11.7 Å². The first kappa shape index (κ1) is 19.5. The average Bonchev–Trinajstić information content (AvgIpc) is 2.93. The van der Waals surface area contributed by atoms with Crippen LogP contribution in [0.4, 0.5) is 5.00 Å². The fourth-order valence-corrected chi connectivity index (χ4v) is 4.71. The Bertz CT molecular complexity index is 840. The zero-order chi connectivity index (χ0) is 19.6. The Morgan fingerprint density at radius 1 is 1.33 bits per heavy atom. The maximum Gasteiger partial charge on any atom is 0.341 e. The van der Waals surface area contributed by atoms with Crippen LogP contribution >= 0.6 is 11.3 Å². The molecule has 0 saturated heterocycles. The van der Waals surface area contributed by atoms with Gasteiger partial charge in [-0.05, 0) is 57.1 Å². The summed E-state index contributed by atoms with van der Waals surface area (Å²) in [6, 6.07) is 3.92. The maximum atomic E-state index is 12.7. The zero-order valence-electron chi connectivity index (χ0n) is 16.4. The zero-order valence-corrected chi connectivity index (χ0v) is 17.2. The molecule has 0 spiro atoms. The summed E-state index contributed by atoms with van der Waals surface area (Å²) in [6.45, 7) is 8.11. The van der Waals surface area contributed by atoms with Gasteiger partial charge >= 0.3 is 5.97 Å². The third kappa shape index (κ3) is 4.75. The number of pyridine rings is 1. The van der Waals surface area contributed by atoms with Gasteiger partial charge in [0.25, 0.3) is 5.91 Å². The van der Waals surface area contributed by atoms with Crippen LogP contribution in [-0.4, -0.2) is 18.0 Å². The Hall–Kier alpha value is -2.21. The molecule has 1 atom stereocenters. The second kappa shape index (κ2) is 8.21. The van der Waals surface area contributed by atoms with E-state index in [0.29, 0.717) is 16.5 Å². The molecule has 144 valence electrons. The molecular weight excluding hydrogens is 360 g/mol. The Kier molecular flexibility index (Phi) is 5.95. The number of carbonyl (C=O) groups excluding carboxylic acids is 2. The lowest BCUT2D eigenvalue weighted by Crippen LogP contribution is -2.39. The van der Waals surface area contributed by atoms with Gasteiger partial charge in [0.15, 0.2) is 12.4 Å². The molecular formula is C21H27N2O3S+. The molecule has 0 radical (unpaired) electrons. The summed E-state index contributed by atoms with van der Waals surface area (Å²) in [6.07, 6.45) is 6.43. The number of aromatic nitrogens is 1. The van der Waals surface area contributed by atoms with E-state index in [2.05, 4.69) is 12.2 Å². The van der Waals surface area contributed by atoms with E-state index in [1.165, 1.54) is 16.2 Å². The quantitative estimate of drug-likeness (QED) is 0.629. The molecule has 3 rings (SSSR count). The molecule has 6 heteroatoms. The number of hydrogen-bond donors (Lipinski definition) is 1. The van der Waals surface area contributed by atoms with Gasteiger partial charge in [-0.15, -0.1) is 11.3 Å². The van der Waals surface area contributed by atoms with Crippen LogP contribution in [0.1, 0.15) is 53.6 Å². The van der Waals surface area contributed by atoms with Gasteiger partial charge in [-0.25, -0.2) is 4.79 Å². The minimum absolute atomic E-state index is 0.144. The van der Waals surface area contributed by atoms with Crippen molar-refractivity contribution in [2.75, 3.05) is 5.32 Å². The summed E-state index contributed by atoms with van der Waals surface area (Å²) in [7, 11) is 0. The van der Waals surface area contributed by atoms with E-state index in [1.54, 1.807) is 0 Å². The lowest BCUT2D eigenvalue weighted by molar-refractivity contribution is -0.684. The van der Waals surface area contributed by atoms with E-state index >= 15 is 0 Å². The topological polar surface area (TPSA) is 59.3 Å². The normalized spacial score (nSPS) is 16.1. The van der Waals surface area contributed by atoms with Gasteiger partial charge in [-0.1, -0.05) is 6.92 Å². The highest BCUT2D eigenvalue weighted by Gasteiger charge is 2.30. The van der Waals surface area contributed by atoms with Crippen LogP contribution in [0.3, 0.4) is 0 Å². The van der Waals surface area contributed by atoms with Crippen molar-refractivity contribution in [2.45, 2.75) is 59.6 Å². The molecule has 2 heterocycles. The first-order chi connectivity index (χ1) is 12.8. The van der Waals surface area contributed by atoms with Crippen molar-refractivity contribution in [2.24, 2.45) is 5.92 Å². The number of aryl methyl sites for hydroxylation is 1. The fourth-order valence-electron chi connectivity index (χ4n) is 3.30. The van der Waals surface area contributed by atoms with E-state index in [4.69, 9.17) is 4.74 Å². The summed E-state index contributed by atoms with van der Waals surface area (Å²) in [5.74, 6) is 0.112. The first-order valence-corrected chi connectivity index (χ1v) is 10.3. The predicted octanol–water partition coefficient (Wildman–Crippen LogP) is 3.67. The molecule has 1 aliphatic carbocycles. The molecule has 0 fully saturated rings. The average molecular weight is 388 g/mol. The van der Waals surface area contributed by atoms with E-state index < -0.39 is 0 Å². The van der Waals surface area contributed by atoms with Gasteiger partial charge in [0, 0.05) is 17.0 Å². The Labute approximate surface area is 164 Å². The number of fused-ring (bicyclic) bond motifs is 1. The van der Waals surface area contributed by atoms with Crippen LogP contribution in [0.15, 0.2) is 24.5 Å². The van der Waals surface area contributed by atoms with Crippen LogP contribution < -0.4 is 9.88 Å². The number of anilines is 1. The lowest BCUT2D eigenvalue weighted by Gasteiger charge is -2.18. The van der Waals surface area contributed by atoms with Gasteiger partial charge in [-0.2, -0.15) is 4.57 Å². The number of esters is 1.